The maximum Gasteiger partial charge on any atom is 0.0598 e. The first-order valence-corrected chi connectivity index (χ1v) is 6.74. The molecule has 1 aliphatic carbocycles. The first-order valence-electron chi connectivity index (χ1n) is 5.99. The summed E-state index contributed by atoms with van der Waals surface area (Å²) in [6.07, 6.45) is 2.10. The molecule has 2 aromatic carbocycles. The molecule has 0 aromatic heterocycles. The molecule has 0 radical (unpaired) electrons. The van der Waals surface area contributed by atoms with Gasteiger partial charge in [0.2, 0.25) is 0 Å². The van der Waals surface area contributed by atoms with E-state index in [2.05, 4.69) is 18.2 Å². The minimum atomic E-state index is 0.197. The van der Waals surface area contributed by atoms with E-state index in [0.29, 0.717) is 10.0 Å². The summed E-state index contributed by atoms with van der Waals surface area (Å²) in [7, 11) is 0. The quantitative estimate of drug-likeness (QED) is 0.810. The fourth-order valence-electron chi connectivity index (χ4n) is 2.51. The predicted molar refractivity (Wildman–Crippen MR) is 77.1 cm³/mol. The number of halogens is 2. The molecule has 92 valence electrons. The van der Waals surface area contributed by atoms with Gasteiger partial charge < -0.3 is 5.73 Å². The van der Waals surface area contributed by atoms with E-state index in [1.165, 1.54) is 16.7 Å². The van der Waals surface area contributed by atoms with Crippen LogP contribution in [-0.4, -0.2) is 0 Å². The zero-order valence-electron chi connectivity index (χ0n) is 9.79. The van der Waals surface area contributed by atoms with Crippen LogP contribution < -0.4 is 5.73 Å². The lowest BCUT2D eigenvalue weighted by atomic mass is 10.00. The number of hydrogen-bond donors (Lipinski definition) is 1. The van der Waals surface area contributed by atoms with Gasteiger partial charge in [0, 0.05) is 6.04 Å². The molecule has 0 aliphatic heterocycles. The molecule has 0 fully saturated rings. The van der Waals surface area contributed by atoms with Crippen LogP contribution in [-0.2, 0) is 6.42 Å². The van der Waals surface area contributed by atoms with Crippen LogP contribution in [0.5, 0.6) is 0 Å². The molecule has 0 amide bonds. The van der Waals surface area contributed by atoms with Crippen LogP contribution >= 0.6 is 23.2 Å². The summed E-state index contributed by atoms with van der Waals surface area (Å²) in [4.78, 5) is 0. The lowest BCUT2D eigenvalue weighted by Gasteiger charge is -2.08. The fourth-order valence-corrected chi connectivity index (χ4v) is 2.80. The molecule has 1 nitrogen and oxygen atoms in total. The molecule has 0 saturated heterocycles. The van der Waals surface area contributed by atoms with E-state index in [9.17, 15) is 0 Å². The highest BCUT2D eigenvalue weighted by Crippen LogP contribution is 2.34. The summed E-state index contributed by atoms with van der Waals surface area (Å²) in [5.74, 6) is 0. The van der Waals surface area contributed by atoms with Crippen LogP contribution in [0.15, 0.2) is 36.4 Å². The summed E-state index contributed by atoms with van der Waals surface area (Å²) in [6, 6.07) is 12.4. The van der Waals surface area contributed by atoms with Crippen LogP contribution in [0, 0.1) is 0 Å². The van der Waals surface area contributed by atoms with Gasteiger partial charge in [0.05, 0.1) is 10.0 Å². The van der Waals surface area contributed by atoms with E-state index in [0.717, 1.165) is 18.4 Å². The van der Waals surface area contributed by atoms with Crippen molar-refractivity contribution in [3.05, 3.63) is 57.6 Å². The molecule has 18 heavy (non-hydrogen) atoms. The van der Waals surface area contributed by atoms with E-state index < -0.39 is 0 Å². The van der Waals surface area contributed by atoms with E-state index in [4.69, 9.17) is 28.9 Å². The molecule has 3 heteroatoms. The normalized spacial score (nSPS) is 17.8. The summed E-state index contributed by atoms with van der Waals surface area (Å²) < 4.78 is 0. The van der Waals surface area contributed by atoms with E-state index in [-0.39, 0.29) is 6.04 Å². The monoisotopic (exact) mass is 277 g/mol. The van der Waals surface area contributed by atoms with Crippen LogP contribution in [0.2, 0.25) is 10.0 Å². The van der Waals surface area contributed by atoms with Crippen molar-refractivity contribution in [1.29, 1.82) is 0 Å². The van der Waals surface area contributed by atoms with Crippen molar-refractivity contribution >= 4 is 23.2 Å². The topological polar surface area (TPSA) is 26.0 Å². The summed E-state index contributed by atoms with van der Waals surface area (Å²) in [6.45, 7) is 0. The highest BCUT2D eigenvalue weighted by molar-refractivity contribution is 6.42. The van der Waals surface area contributed by atoms with Gasteiger partial charge in [-0.1, -0.05) is 47.5 Å². The minimum absolute atomic E-state index is 0.197. The van der Waals surface area contributed by atoms with E-state index >= 15 is 0 Å². The Morgan fingerprint density at radius 1 is 0.944 bits per heavy atom. The van der Waals surface area contributed by atoms with Crippen LogP contribution in [0.25, 0.3) is 11.1 Å². The Hall–Kier alpha value is -1.02. The SMILES string of the molecule is NC1CCc2cc(-c3ccc(Cl)c(Cl)c3)ccc21. The highest BCUT2D eigenvalue weighted by atomic mass is 35.5. The third kappa shape index (κ3) is 2.03. The van der Waals surface area contributed by atoms with Gasteiger partial charge >= 0.3 is 0 Å². The average Bonchev–Trinajstić information content (AvgIpc) is 2.74. The van der Waals surface area contributed by atoms with Crippen molar-refractivity contribution in [3.8, 4) is 11.1 Å². The van der Waals surface area contributed by atoms with Gasteiger partial charge in [0.1, 0.15) is 0 Å². The Kier molecular flexibility index (Phi) is 3.06. The van der Waals surface area contributed by atoms with Gasteiger partial charge in [0.15, 0.2) is 0 Å². The van der Waals surface area contributed by atoms with Crippen LogP contribution in [0.3, 0.4) is 0 Å². The molecule has 0 heterocycles. The molecule has 2 aromatic rings. The van der Waals surface area contributed by atoms with Crippen LogP contribution in [0.1, 0.15) is 23.6 Å². The number of rotatable bonds is 1. The van der Waals surface area contributed by atoms with Crippen molar-refractivity contribution in [2.24, 2.45) is 5.73 Å². The molecular weight excluding hydrogens is 265 g/mol. The third-order valence-electron chi connectivity index (χ3n) is 3.52. The lowest BCUT2D eigenvalue weighted by molar-refractivity contribution is 0.713. The van der Waals surface area contributed by atoms with Crippen molar-refractivity contribution in [3.63, 3.8) is 0 Å². The number of nitrogens with two attached hydrogens (primary N) is 1. The second kappa shape index (κ2) is 4.58. The molecule has 0 spiro atoms. The zero-order chi connectivity index (χ0) is 12.7. The highest BCUT2D eigenvalue weighted by Gasteiger charge is 2.19. The van der Waals surface area contributed by atoms with E-state index in [1.807, 2.05) is 18.2 Å². The Bertz CT molecular complexity index is 607. The Morgan fingerprint density at radius 3 is 2.44 bits per heavy atom. The predicted octanol–water partition coefficient (Wildman–Crippen LogP) is 4.61. The number of hydrogen-bond acceptors (Lipinski definition) is 1. The van der Waals surface area contributed by atoms with Gasteiger partial charge in [0.25, 0.3) is 0 Å². The maximum absolute atomic E-state index is 6.05. The fraction of sp³-hybridized carbons (Fsp3) is 0.200. The molecule has 2 N–H and O–H groups in total. The molecular formula is C15H13Cl2N. The zero-order valence-corrected chi connectivity index (χ0v) is 11.3. The van der Waals surface area contributed by atoms with Gasteiger partial charge in [-0.05, 0) is 47.2 Å². The third-order valence-corrected chi connectivity index (χ3v) is 4.26. The number of benzene rings is 2. The maximum atomic E-state index is 6.05. The second-order valence-electron chi connectivity index (χ2n) is 4.69. The van der Waals surface area contributed by atoms with Crippen molar-refractivity contribution < 1.29 is 0 Å². The smallest absolute Gasteiger partial charge is 0.0598 e. The summed E-state index contributed by atoms with van der Waals surface area (Å²) in [5, 5.41) is 1.18. The summed E-state index contributed by atoms with van der Waals surface area (Å²) >= 11 is 12.0. The Labute approximate surface area is 117 Å². The Morgan fingerprint density at radius 2 is 1.67 bits per heavy atom. The first-order chi connectivity index (χ1) is 8.65. The molecule has 1 aliphatic rings. The molecule has 1 unspecified atom stereocenters. The summed E-state index contributed by atoms with van der Waals surface area (Å²) in [5.41, 5.74) is 10.9. The molecule has 1 atom stereocenters. The first kappa shape index (κ1) is 12.0. The van der Waals surface area contributed by atoms with Gasteiger partial charge in [-0.2, -0.15) is 0 Å². The molecule has 0 saturated carbocycles. The minimum Gasteiger partial charge on any atom is -0.324 e. The standard InChI is InChI=1S/C15H13Cl2N/c16-13-5-2-10(8-14(13)17)9-1-4-12-11(7-9)3-6-15(12)18/h1-2,4-5,7-8,15H,3,6,18H2. The van der Waals surface area contributed by atoms with Crippen molar-refractivity contribution in [2.75, 3.05) is 0 Å². The Balaban J connectivity index is 2.05. The van der Waals surface area contributed by atoms with Gasteiger partial charge in [-0.15, -0.1) is 0 Å². The molecule has 0 bridgehead atoms. The van der Waals surface area contributed by atoms with Crippen LogP contribution in [0.4, 0.5) is 0 Å². The van der Waals surface area contributed by atoms with Crippen molar-refractivity contribution in [1.82, 2.24) is 0 Å². The largest absolute Gasteiger partial charge is 0.324 e. The number of aryl methyl sites for hydroxylation is 1. The van der Waals surface area contributed by atoms with Gasteiger partial charge in [-0.25, -0.2) is 0 Å². The molecule has 3 rings (SSSR count). The second-order valence-corrected chi connectivity index (χ2v) is 5.50. The van der Waals surface area contributed by atoms with E-state index in [1.54, 1.807) is 0 Å². The van der Waals surface area contributed by atoms with Crippen molar-refractivity contribution in [2.45, 2.75) is 18.9 Å². The number of fused-ring (bicyclic) bond motifs is 1. The lowest BCUT2D eigenvalue weighted by Crippen LogP contribution is -2.04. The van der Waals surface area contributed by atoms with Gasteiger partial charge in [-0.3, -0.25) is 0 Å². The average molecular weight is 278 g/mol.